The Balaban J connectivity index is 2.03. The smallest absolute Gasteiger partial charge is 0.237 e. The van der Waals surface area contributed by atoms with Crippen molar-refractivity contribution in [2.24, 2.45) is 0 Å². The fraction of sp³-hybridized carbons (Fsp3) is 0.571. The van der Waals surface area contributed by atoms with Gasteiger partial charge in [-0.25, -0.2) is 0 Å². The van der Waals surface area contributed by atoms with Crippen molar-refractivity contribution in [3.63, 3.8) is 0 Å². The van der Waals surface area contributed by atoms with Gasteiger partial charge in [-0.2, -0.15) is 0 Å². The largest absolute Gasteiger partial charge is 0.385 e. The molecule has 1 unspecified atom stereocenters. The van der Waals surface area contributed by atoms with Gasteiger partial charge in [0.15, 0.2) is 0 Å². The van der Waals surface area contributed by atoms with Gasteiger partial charge in [0.1, 0.15) is 0 Å². The van der Waals surface area contributed by atoms with E-state index in [0.717, 1.165) is 43.9 Å². The quantitative estimate of drug-likeness (QED) is 0.838. The van der Waals surface area contributed by atoms with Gasteiger partial charge in [-0.15, -0.1) is 0 Å². The van der Waals surface area contributed by atoms with Gasteiger partial charge in [0, 0.05) is 32.0 Å². The van der Waals surface area contributed by atoms with Crippen molar-refractivity contribution >= 4 is 11.6 Å². The maximum Gasteiger partial charge on any atom is 0.237 e. The van der Waals surface area contributed by atoms with Crippen LogP contribution in [0.25, 0.3) is 0 Å². The molecule has 2 heterocycles. The summed E-state index contributed by atoms with van der Waals surface area (Å²) in [6.45, 7) is 4.67. The van der Waals surface area contributed by atoms with Gasteiger partial charge in [0.2, 0.25) is 5.91 Å². The number of carbonyl (C=O) groups excluding carboxylic acids is 1. The zero-order chi connectivity index (χ0) is 13.7. The van der Waals surface area contributed by atoms with Crippen molar-refractivity contribution in [2.45, 2.75) is 32.4 Å². The second-order valence-electron chi connectivity index (χ2n) is 4.81. The maximum absolute atomic E-state index is 11.8. The molecule has 5 nitrogen and oxygen atoms in total. The van der Waals surface area contributed by atoms with E-state index in [1.165, 1.54) is 0 Å². The van der Waals surface area contributed by atoms with Crippen LogP contribution >= 0.6 is 0 Å². The number of anilines is 1. The van der Waals surface area contributed by atoms with Gasteiger partial charge < -0.3 is 10.6 Å². The van der Waals surface area contributed by atoms with Crippen LogP contribution in [0.1, 0.15) is 25.5 Å². The van der Waals surface area contributed by atoms with Crippen LogP contribution in [0.15, 0.2) is 18.3 Å². The molecule has 1 amide bonds. The summed E-state index contributed by atoms with van der Waals surface area (Å²) >= 11 is 0. The van der Waals surface area contributed by atoms with Gasteiger partial charge >= 0.3 is 0 Å². The number of pyridine rings is 1. The Morgan fingerprint density at radius 3 is 3.16 bits per heavy atom. The van der Waals surface area contributed by atoms with Crippen LogP contribution in [0.2, 0.25) is 0 Å². The molecule has 1 saturated heterocycles. The zero-order valence-electron chi connectivity index (χ0n) is 11.6. The second kappa shape index (κ2) is 6.52. The maximum atomic E-state index is 11.8. The molecule has 19 heavy (non-hydrogen) atoms. The molecule has 1 aromatic heterocycles. The van der Waals surface area contributed by atoms with Gasteiger partial charge in [-0.05, 0) is 38.4 Å². The van der Waals surface area contributed by atoms with E-state index >= 15 is 0 Å². The molecule has 0 aliphatic carbocycles. The number of likely N-dealkylation sites (N-methyl/N-ethyl adjacent to an activating group) is 1. The molecule has 2 rings (SSSR count). The third kappa shape index (κ3) is 3.44. The highest BCUT2D eigenvalue weighted by atomic mass is 16.2. The molecule has 2 N–H and O–H groups in total. The highest BCUT2D eigenvalue weighted by Gasteiger charge is 2.29. The summed E-state index contributed by atoms with van der Waals surface area (Å²) in [5.74, 6) is 0.111. The number of carbonyl (C=O) groups is 1. The van der Waals surface area contributed by atoms with E-state index in [9.17, 15) is 4.79 Å². The van der Waals surface area contributed by atoms with E-state index in [-0.39, 0.29) is 11.9 Å². The summed E-state index contributed by atoms with van der Waals surface area (Å²) in [7, 11) is 1.70. The lowest BCUT2D eigenvalue weighted by atomic mass is 10.2. The molecule has 1 aliphatic rings. The van der Waals surface area contributed by atoms with Crippen molar-refractivity contribution in [3.05, 3.63) is 24.0 Å². The molecule has 0 radical (unpaired) electrons. The van der Waals surface area contributed by atoms with Gasteiger partial charge in [0.25, 0.3) is 0 Å². The average Bonchev–Trinajstić information content (AvgIpc) is 2.87. The first-order valence-electron chi connectivity index (χ1n) is 6.89. The Bertz CT molecular complexity index is 435. The minimum Gasteiger partial charge on any atom is -0.385 e. The van der Waals surface area contributed by atoms with Gasteiger partial charge in [-0.1, -0.05) is 0 Å². The Morgan fingerprint density at radius 2 is 2.42 bits per heavy atom. The summed E-state index contributed by atoms with van der Waals surface area (Å²) in [4.78, 5) is 18.4. The summed E-state index contributed by atoms with van der Waals surface area (Å²) in [5, 5.41) is 6.02. The molecule has 1 aliphatic heterocycles. The number of hydrogen-bond donors (Lipinski definition) is 2. The van der Waals surface area contributed by atoms with Gasteiger partial charge in [0.05, 0.1) is 11.7 Å². The molecule has 5 heteroatoms. The lowest BCUT2D eigenvalue weighted by Crippen LogP contribution is -2.41. The lowest BCUT2D eigenvalue weighted by Gasteiger charge is -2.22. The minimum atomic E-state index is -0.00501. The fourth-order valence-corrected chi connectivity index (χ4v) is 2.57. The molecule has 0 aromatic carbocycles. The summed E-state index contributed by atoms with van der Waals surface area (Å²) < 4.78 is 0. The molecule has 1 atom stereocenters. The van der Waals surface area contributed by atoms with E-state index in [4.69, 9.17) is 0 Å². The number of nitrogens with zero attached hydrogens (tertiary/aromatic N) is 2. The van der Waals surface area contributed by atoms with Crippen LogP contribution in [0.4, 0.5) is 5.69 Å². The van der Waals surface area contributed by atoms with Crippen LogP contribution in [0.3, 0.4) is 0 Å². The normalized spacial score (nSPS) is 19.4. The average molecular weight is 262 g/mol. The van der Waals surface area contributed by atoms with Crippen molar-refractivity contribution in [2.75, 3.05) is 25.5 Å². The molecule has 0 spiro atoms. The molecule has 1 aromatic rings. The summed E-state index contributed by atoms with van der Waals surface area (Å²) in [6, 6.07) is 4.02. The van der Waals surface area contributed by atoms with E-state index < -0.39 is 0 Å². The predicted octanol–water partition coefficient (Wildman–Crippen LogP) is 1.22. The zero-order valence-corrected chi connectivity index (χ0v) is 11.6. The standard InChI is InChI=1S/C14H22N4O/c1-3-16-11-6-7-17-12(9-11)10-18-8-4-5-13(18)14(19)15-2/h6-7,9,13H,3-5,8,10H2,1-2H3,(H,15,19)(H,16,17). The summed E-state index contributed by atoms with van der Waals surface area (Å²) in [5.41, 5.74) is 2.09. The molecule has 104 valence electrons. The molecular weight excluding hydrogens is 240 g/mol. The number of likely N-dealkylation sites (tertiary alicyclic amines) is 1. The van der Waals surface area contributed by atoms with E-state index in [1.54, 1.807) is 7.05 Å². The predicted molar refractivity (Wildman–Crippen MR) is 75.9 cm³/mol. The topological polar surface area (TPSA) is 57.3 Å². The first-order valence-corrected chi connectivity index (χ1v) is 6.89. The number of hydrogen-bond acceptors (Lipinski definition) is 4. The van der Waals surface area contributed by atoms with Crippen molar-refractivity contribution < 1.29 is 4.79 Å². The number of rotatable bonds is 5. The van der Waals surface area contributed by atoms with Crippen molar-refractivity contribution in [3.8, 4) is 0 Å². The highest BCUT2D eigenvalue weighted by Crippen LogP contribution is 2.20. The number of aromatic nitrogens is 1. The lowest BCUT2D eigenvalue weighted by molar-refractivity contribution is -0.125. The van der Waals surface area contributed by atoms with Crippen LogP contribution in [-0.4, -0.2) is 42.0 Å². The van der Waals surface area contributed by atoms with Crippen LogP contribution in [0.5, 0.6) is 0 Å². The Morgan fingerprint density at radius 1 is 1.58 bits per heavy atom. The number of nitrogens with one attached hydrogen (secondary N) is 2. The monoisotopic (exact) mass is 262 g/mol. The SMILES string of the molecule is CCNc1ccnc(CN2CCCC2C(=O)NC)c1. The Labute approximate surface area is 114 Å². The van der Waals surface area contributed by atoms with E-state index in [2.05, 4.69) is 33.5 Å². The first kappa shape index (κ1) is 13.8. The van der Waals surface area contributed by atoms with Crippen LogP contribution in [0, 0.1) is 0 Å². The highest BCUT2D eigenvalue weighted by molar-refractivity contribution is 5.81. The van der Waals surface area contributed by atoms with Gasteiger partial charge in [-0.3, -0.25) is 14.7 Å². The second-order valence-corrected chi connectivity index (χ2v) is 4.81. The minimum absolute atomic E-state index is 0.00501. The first-order chi connectivity index (χ1) is 9.24. The van der Waals surface area contributed by atoms with E-state index in [1.807, 2.05) is 12.3 Å². The third-order valence-corrected chi connectivity index (χ3v) is 3.48. The van der Waals surface area contributed by atoms with Crippen LogP contribution in [-0.2, 0) is 11.3 Å². The van der Waals surface area contributed by atoms with Crippen molar-refractivity contribution in [1.82, 2.24) is 15.2 Å². The van der Waals surface area contributed by atoms with E-state index in [0.29, 0.717) is 0 Å². The fourth-order valence-electron chi connectivity index (χ4n) is 2.57. The molecule has 1 fully saturated rings. The van der Waals surface area contributed by atoms with Crippen LogP contribution < -0.4 is 10.6 Å². The van der Waals surface area contributed by atoms with Crippen molar-refractivity contribution in [1.29, 1.82) is 0 Å². The Kier molecular flexibility index (Phi) is 4.74. The number of amides is 1. The Hall–Kier alpha value is -1.62. The molecule has 0 saturated carbocycles. The molecular formula is C14H22N4O. The summed E-state index contributed by atoms with van der Waals surface area (Å²) in [6.07, 6.45) is 3.83. The third-order valence-electron chi connectivity index (χ3n) is 3.48. The molecule has 0 bridgehead atoms.